The van der Waals surface area contributed by atoms with E-state index < -0.39 is 0 Å². The molecular formula is C15H26N4O2. The average Bonchev–Trinajstić information content (AvgIpc) is 3.26. The minimum absolute atomic E-state index is 0.264. The lowest BCUT2D eigenvalue weighted by Crippen LogP contribution is -2.13. The highest BCUT2D eigenvalue weighted by Gasteiger charge is 2.28. The first-order chi connectivity index (χ1) is 10.1. The molecule has 3 N–H and O–H groups in total. The number of ether oxygens (including phenoxy) is 2. The Bertz CT molecular complexity index is 461. The van der Waals surface area contributed by atoms with Crippen LogP contribution in [-0.4, -0.2) is 35.8 Å². The van der Waals surface area contributed by atoms with E-state index >= 15 is 0 Å². The molecule has 1 aliphatic rings. The van der Waals surface area contributed by atoms with Crippen LogP contribution in [0.5, 0.6) is 5.88 Å². The van der Waals surface area contributed by atoms with Gasteiger partial charge in [-0.2, -0.15) is 4.98 Å². The zero-order valence-corrected chi connectivity index (χ0v) is 13.2. The van der Waals surface area contributed by atoms with Crippen LogP contribution in [0.3, 0.4) is 0 Å². The van der Waals surface area contributed by atoms with Gasteiger partial charge in [0.25, 0.3) is 0 Å². The molecule has 1 aromatic heterocycles. The van der Waals surface area contributed by atoms with Gasteiger partial charge in [-0.15, -0.1) is 0 Å². The summed E-state index contributed by atoms with van der Waals surface area (Å²) < 4.78 is 11.0. The quantitative estimate of drug-likeness (QED) is 0.681. The summed E-state index contributed by atoms with van der Waals surface area (Å²) >= 11 is 0. The van der Waals surface area contributed by atoms with Gasteiger partial charge in [0, 0.05) is 19.1 Å². The Hall–Kier alpha value is -1.56. The lowest BCUT2D eigenvalue weighted by molar-refractivity contribution is 0.0787. The van der Waals surface area contributed by atoms with Crippen molar-refractivity contribution in [1.82, 2.24) is 9.97 Å². The van der Waals surface area contributed by atoms with Crippen molar-refractivity contribution >= 4 is 11.5 Å². The summed E-state index contributed by atoms with van der Waals surface area (Å²) in [6.45, 7) is 8.03. The van der Waals surface area contributed by atoms with E-state index in [4.69, 9.17) is 15.2 Å². The third-order valence-corrected chi connectivity index (χ3v) is 3.22. The molecule has 0 unspecified atom stereocenters. The van der Waals surface area contributed by atoms with Crippen molar-refractivity contribution in [2.75, 3.05) is 30.8 Å². The molecule has 0 aliphatic heterocycles. The van der Waals surface area contributed by atoms with Gasteiger partial charge >= 0.3 is 0 Å². The molecule has 0 radical (unpaired) electrons. The number of anilines is 2. The molecule has 118 valence electrons. The summed E-state index contributed by atoms with van der Waals surface area (Å²) in [4.78, 5) is 8.97. The fourth-order valence-electron chi connectivity index (χ4n) is 1.97. The largest absolute Gasteiger partial charge is 0.476 e. The van der Waals surface area contributed by atoms with Crippen LogP contribution in [0.2, 0.25) is 0 Å². The highest BCUT2D eigenvalue weighted by Crippen LogP contribution is 2.40. The Kier molecular flexibility index (Phi) is 5.61. The van der Waals surface area contributed by atoms with Crippen LogP contribution < -0.4 is 15.8 Å². The third-order valence-electron chi connectivity index (χ3n) is 3.22. The number of nitrogens with two attached hydrogens (primary N) is 1. The molecule has 0 amide bonds. The van der Waals surface area contributed by atoms with Gasteiger partial charge in [-0.1, -0.05) is 0 Å². The van der Waals surface area contributed by atoms with Crippen LogP contribution in [-0.2, 0) is 4.74 Å². The van der Waals surface area contributed by atoms with Gasteiger partial charge in [-0.05, 0) is 40.0 Å². The SMILES string of the molecule is CCOc1nc(C2CC2)nc(NCCCOC(C)C)c1N. The molecule has 1 aromatic rings. The molecule has 2 rings (SSSR count). The summed E-state index contributed by atoms with van der Waals surface area (Å²) in [5, 5.41) is 3.27. The maximum Gasteiger partial charge on any atom is 0.242 e. The third kappa shape index (κ3) is 4.74. The van der Waals surface area contributed by atoms with Crippen LogP contribution in [0.25, 0.3) is 0 Å². The van der Waals surface area contributed by atoms with Gasteiger partial charge < -0.3 is 20.5 Å². The van der Waals surface area contributed by atoms with Gasteiger partial charge in [0.05, 0.1) is 12.7 Å². The van der Waals surface area contributed by atoms with Gasteiger partial charge in [0.15, 0.2) is 5.82 Å². The summed E-state index contributed by atoms with van der Waals surface area (Å²) in [7, 11) is 0. The molecule has 0 saturated heterocycles. The minimum Gasteiger partial charge on any atom is -0.476 e. The van der Waals surface area contributed by atoms with E-state index in [1.807, 2.05) is 20.8 Å². The maximum absolute atomic E-state index is 6.08. The van der Waals surface area contributed by atoms with E-state index in [0.717, 1.165) is 38.2 Å². The Labute approximate surface area is 126 Å². The van der Waals surface area contributed by atoms with Crippen molar-refractivity contribution in [3.63, 3.8) is 0 Å². The van der Waals surface area contributed by atoms with Crippen LogP contribution in [0.1, 0.15) is 51.8 Å². The summed E-state index contributed by atoms with van der Waals surface area (Å²) in [5.41, 5.74) is 6.57. The number of nitrogen functional groups attached to an aromatic ring is 1. The molecular weight excluding hydrogens is 268 g/mol. The first kappa shape index (κ1) is 15.8. The average molecular weight is 294 g/mol. The van der Waals surface area contributed by atoms with Crippen LogP contribution in [0.15, 0.2) is 0 Å². The number of hydrogen-bond donors (Lipinski definition) is 2. The normalized spacial score (nSPS) is 14.5. The predicted octanol–water partition coefficient (Wildman–Crippen LogP) is 2.56. The maximum atomic E-state index is 6.08. The standard InChI is InChI=1S/C15H26N4O2/c1-4-20-15-12(16)14(17-8-5-9-21-10(2)3)18-13(19-15)11-6-7-11/h10-11H,4-9,16H2,1-3H3,(H,17,18,19). The van der Waals surface area contributed by atoms with E-state index in [9.17, 15) is 0 Å². The lowest BCUT2D eigenvalue weighted by Gasteiger charge is -2.14. The Morgan fingerprint density at radius 1 is 1.33 bits per heavy atom. The first-order valence-corrected chi connectivity index (χ1v) is 7.77. The highest BCUT2D eigenvalue weighted by atomic mass is 16.5. The topological polar surface area (TPSA) is 82.3 Å². The Morgan fingerprint density at radius 3 is 2.71 bits per heavy atom. The van der Waals surface area contributed by atoms with Gasteiger partial charge in [0.1, 0.15) is 11.5 Å². The molecule has 1 aliphatic carbocycles. The first-order valence-electron chi connectivity index (χ1n) is 7.77. The van der Waals surface area contributed by atoms with Crippen molar-refractivity contribution in [3.8, 4) is 5.88 Å². The van der Waals surface area contributed by atoms with Crippen LogP contribution in [0.4, 0.5) is 11.5 Å². The van der Waals surface area contributed by atoms with E-state index in [0.29, 0.717) is 29.9 Å². The van der Waals surface area contributed by atoms with Crippen LogP contribution in [0, 0.1) is 0 Å². The lowest BCUT2D eigenvalue weighted by atomic mass is 10.3. The summed E-state index contributed by atoms with van der Waals surface area (Å²) in [6, 6.07) is 0. The molecule has 21 heavy (non-hydrogen) atoms. The fraction of sp³-hybridized carbons (Fsp3) is 0.733. The van der Waals surface area contributed by atoms with E-state index in [2.05, 4.69) is 15.3 Å². The van der Waals surface area contributed by atoms with Gasteiger partial charge in [-0.3, -0.25) is 0 Å². The molecule has 0 spiro atoms. The molecule has 6 heteroatoms. The van der Waals surface area contributed by atoms with Crippen molar-refractivity contribution in [3.05, 3.63) is 5.82 Å². The van der Waals surface area contributed by atoms with Gasteiger partial charge in [0.2, 0.25) is 5.88 Å². The summed E-state index contributed by atoms with van der Waals surface area (Å²) in [6.07, 6.45) is 3.47. The molecule has 0 atom stereocenters. The number of rotatable bonds is 9. The monoisotopic (exact) mass is 294 g/mol. The molecule has 0 aromatic carbocycles. The Balaban J connectivity index is 1.96. The van der Waals surface area contributed by atoms with Crippen molar-refractivity contribution in [2.45, 2.75) is 52.1 Å². The second-order valence-electron chi connectivity index (χ2n) is 5.56. The molecule has 1 fully saturated rings. The predicted molar refractivity (Wildman–Crippen MR) is 83.8 cm³/mol. The highest BCUT2D eigenvalue weighted by molar-refractivity contribution is 5.67. The van der Waals surface area contributed by atoms with E-state index in [-0.39, 0.29) is 6.10 Å². The fourth-order valence-corrected chi connectivity index (χ4v) is 1.97. The Morgan fingerprint density at radius 2 is 2.10 bits per heavy atom. The van der Waals surface area contributed by atoms with Crippen molar-refractivity contribution in [1.29, 1.82) is 0 Å². The zero-order chi connectivity index (χ0) is 15.2. The number of hydrogen-bond acceptors (Lipinski definition) is 6. The number of nitrogens with zero attached hydrogens (tertiary/aromatic N) is 2. The second kappa shape index (κ2) is 7.45. The zero-order valence-electron chi connectivity index (χ0n) is 13.2. The summed E-state index contributed by atoms with van der Waals surface area (Å²) in [5.74, 6) is 2.48. The van der Waals surface area contributed by atoms with Crippen molar-refractivity contribution in [2.24, 2.45) is 0 Å². The smallest absolute Gasteiger partial charge is 0.242 e. The molecule has 1 heterocycles. The minimum atomic E-state index is 0.264. The number of nitrogens with one attached hydrogen (secondary N) is 1. The molecule has 6 nitrogen and oxygen atoms in total. The van der Waals surface area contributed by atoms with Crippen LogP contribution >= 0.6 is 0 Å². The van der Waals surface area contributed by atoms with Crippen molar-refractivity contribution < 1.29 is 9.47 Å². The molecule has 1 saturated carbocycles. The van der Waals surface area contributed by atoms with E-state index in [1.54, 1.807) is 0 Å². The van der Waals surface area contributed by atoms with E-state index in [1.165, 1.54) is 0 Å². The molecule has 0 bridgehead atoms. The second-order valence-corrected chi connectivity index (χ2v) is 5.56. The van der Waals surface area contributed by atoms with Gasteiger partial charge in [-0.25, -0.2) is 4.98 Å². The number of aromatic nitrogens is 2.